The Hall–Kier alpha value is -3.03. The van der Waals surface area contributed by atoms with Crippen molar-refractivity contribution in [2.24, 2.45) is 0 Å². The van der Waals surface area contributed by atoms with Gasteiger partial charge in [0.25, 0.3) is 0 Å². The summed E-state index contributed by atoms with van der Waals surface area (Å²) in [6.45, 7) is 0.811. The Kier molecular flexibility index (Phi) is 4.70. The van der Waals surface area contributed by atoms with Crippen LogP contribution in [0.15, 0.2) is 41.1 Å². The minimum absolute atomic E-state index is 0.0688. The van der Waals surface area contributed by atoms with Crippen molar-refractivity contribution in [1.82, 2.24) is 9.88 Å². The van der Waals surface area contributed by atoms with Gasteiger partial charge in [-0.1, -0.05) is 24.3 Å². The van der Waals surface area contributed by atoms with Gasteiger partial charge in [0.05, 0.1) is 11.3 Å². The average molecular weight is 393 g/mol. The molecule has 2 aromatic heterocycles. The summed E-state index contributed by atoms with van der Waals surface area (Å²) in [5.41, 5.74) is 9.83. The minimum atomic E-state index is -0.565. The lowest BCUT2D eigenvalue weighted by Gasteiger charge is -2.15. The number of carbonyl (C=O) groups is 2. The Bertz CT molecular complexity index is 1070. The molecule has 0 aliphatic heterocycles. The molecule has 7 heteroatoms. The highest BCUT2D eigenvalue weighted by molar-refractivity contribution is 7.08. The lowest BCUT2D eigenvalue weighted by atomic mass is 9.97. The molecule has 1 aromatic carbocycles. The van der Waals surface area contributed by atoms with Crippen LogP contribution in [0.5, 0.6) is 0 Å². The van der Waals surface area contributed by atoms with Gasteiger partial charge in [-0.3, -0.25) is 4.79 Å². The third-order valence-corrected chi connectivity index (χ3v) is 5.35. The zero-order valence-corrected chi connectivity index (χ0v) is 16.4. The van der Waals surface area contributed by atoms with Crippen LogP contribution < -0.4 is 5.73 Å². The predicted octanol–water partition coefficient (Wildman–Crippen LogP) is 3.32. The number of nitrogens with zero attached hydrogens (tertiary/aromatic N) is 2. The van der Waals surface area contributed by atoms with E-state index < -0.39 is 5.97 Å². The third-order valence-electron chi connectivity index (χ3n) is 4.66. The number of thiophene rings is 1. The van der Waals surface area contributed by atoms with Gasteiger partial charge >= 0.3 is 5.97 Å². The molecule has 4 rings (SSSR count). The molecular weight excluding hydrogens is 374 g/mol. The van der Waals surface area contributed by atoms with Gasteiger partial charge in [-0.05, 0) is 31.1 Å². The van der Waals surface area contributed by atoms with Crippen molar-refractivity contribution >= 4 is 28.9 Å². The first-order chi connectivity index (χ1) is 13.5. The van der Waals surface area contributed by atoms with Crippen molar-refractivity contribution in [3.8, 4) is 22.4 Å². The van der Waals surface area contributed by atoms with Crippen molar-refractivity contribution in [1.29, 1.82) is 0 Å². The maximum Gasteiger partial charge on any atom is 0.342 e. The van der Waals surface area contributed by atoms with E-state index in [1.807, 2.05) is 48.0 Å². The molecular formula is C21H19N3O3S. The molecule has 0 unspecified atom stereocenters. The summed E-state index contributed by atoms with van der Waals surface area (Å²) in [7, 11) is 3.79. The molecule has 0 fully saturated rings. The minimum Gasteiger partial charge on any atom is -0.461 e. The number of nitrogens with two attached hydrogens (primary N) is 1. The van der Waals surface area contributed by atoms with E-state index in [1.165, 1.54) is 11.3 Å². The molecule has 2 N–H and O–H groups in total. The van der Waals surface area contributed by atoms with E-state index in [4.69, 9.17) is 10.5 Å². The van der Waals surface area contributed by atoms with Gasteiger partial charge in [0, 0.05) is 28.6 Å². The number of esters is 1. The summed E-state index contributed by atoms with van der Waals surface area (Å²) in [5.74, 6) is -0.648. The maximum absolute atomic E-state index is 13.2. The van der Waals surface area contributed by atoms with Crippen LogP contribution in [0.4, 0.5) is 5.82 Å². The van der Waals surface area contributed by atoms with Crippen LogP contribution in [0.3, 0.4) is 0 Å². The second-order valence-corrected chi connectivity index (χ2v) is 7.58. The molecule has 1 aliphatic rings. The quantitative estimate of drug-likeness (QED) is 0.524. The number of likely N-dealkylation sites (N-methyl/N-ethyl adjacent to an activating group) is 1. The molecule has 0 spiro atoms. The Balaban J connectivity index is 1.90. The van der Waals surface area contributed by atoms with Crippen LogP contribution in [-0.4, -0.2) is 48.9 Å². The molecule has 0 atom stereocenters. The number of nitrogen functional groups attached to an aromatic ring is 1. The molecule has 2 heterocycles. The van der Waals surface area contributed by atoms with Crippen molar-refractivity contribution in [3.05, 3.63) is 57.8 Å². The van der Waals surface area contributed by atoms with Gasteiger partial charge in [0.2, 0.25) is 0 Å². The summed E-state index contributed by atoms with van der Waals surface area (Å²) in [6.07, 6.45) is 0. The number of pyridine rings is 1. The number of rotatable bonds is 5. The first-order valence-electron chi connectivity index (χ1n) is 8.81. The number of carbonyl (C=O) groups excluding carboxylic acids is 2. The third kappa shape index (κ3) is 2.98. The van der Waals surface area contributed by atoms with E-state index in [-0.39, 0.29) is 23.8 Å². The van der Waals surface area contributed by atoms with Crippen LogP contribution >= 0.6 is 11.3 Å². The molecule has 3 aromatic rings. The lowest BCUT2D eigenvalue weighted by molar-refractivity contribution is 0.0483. The molecule has 0 bridgehead atoms. The van der Waals surface area contributed by atoms with Crippen molar-refractivity contribution in [2.45, 2.75) is 0 Å². The highest BCUT2D eigenvalue weighted by Gasteiger charge is 2.36. The van der Waals surface area contributed by atoms with Gasteiger partial charge < -0.3 is 15.4 Å². The van der Waals surface area contributed by atoms with Gasteiger partial charge in [-0.2, -0.15) is 11.3 Å². The van der Waals surface area contributed by atoms with Gasteiger partial charge in [0.1, 0.15) is 18.0 Å². The smallest absolute Gasteiger partial charge is 0.342 e. The topological polar surface area (TPSA) is 85.5 Å². The van der Waals surface area contributed by atoms with Crippen molar-refractivity contribution in [3.63, 3.8) is 0 Å². The van der Waals surface area contributed by atoms with E-state index in [1.54, 1.807) is 12.1 Å². The summed E-state index contributed by atoms with van der Waals surface area (Å²) >= 11 is 1.51. The standard InChI is InChI=1S/C21H19N3O3S/c1-24(2)8-9-27-21(26)17-15-13-5-3-4-6-14(13)19(25)16(15)18(23-20(17)22)12-7-10-28-11-12/h3-7,10-11H,8-9H2,1-2H3,(H2,22,23). The second-order valence-electron chi connectivity index (χ2n) is 6.80. The Morgan fingerprint density at radius 2 is 1.93 bits per heavy atom. The normalized spacial score (nSPS) is 12.2. The molecule has 6 nitrogen and oxygen atoms in total. The van der Waals surface area contributed by atoms with Crippen LogP contribution in [-0.2, 0) is 4.74 Å². The van der Waals surface area contributed by atoms with Crippen LogP contribution in [0.25, 0.3) is 22.4 Å². The number of benzene rings is 1. The number of hydrogen-bond donors (Lipinski definition) is 1. The zero-order valence-electron chi connectivity index (χ0n) is 15.6. The molecule has 142 valence electrons. The Labute approximate surface area is 166 Å². The van der Waals surface area contributed by atoms with E-state index in [9.17, 15) is 9.59 Å². The van der Waals surface area contributed by atoms with E-state index in [0.29, 0.717) is 34.5 Å². The molecule has 28 heavy (non-hydrogen) atoms. The summed E-state index contributed by atoms with van der Waals surface area (Å²) < 4.78 is 5.42. The molecule has 1 aliphatic carbocycles. The lowest BCUT2D eigenvalue weighted by Crippen LogP contribution is -2.21. The number of aromatic nitrogens is 1. The van der Waals surface area contributed by atoms with E-state index >= 15 is 0 Å². The fraction of sp³-hybridized carbons (Fsp3) is 0.190. The summed E-state index contributed by atoms with van der Waals surface area (Å²) in [5, 5.41) is 3.82. The van der Waals surface area contributed by atoms with E-state index in [2.05, 4.69) is 4.98 Å². The summed E-state index contributed by atoms with van der Waals surface area (Å²) in [4.78, 5) is 32.4. The SMILES string of the molecule is CN(C)CCOC(=O)c1c(N)nc(-c2ccsc2)c2c1-c1ccccc1C2=O. The fourth-order valence-corrected chi connectivity index (χ4v) is 3.98. The molecule has 0 radical (unpaired) electrons. The fourth-order valence-electron chi connectivity index (χ4n) is 3.34. The molecule has 0 amide bonds. The zero-order chi connectivity index (χ0) is 19.8. The van der Waals surface area contributed by atoms with Crippen molar-refractivity contribution < 1.29 is 14.3 Å². The molecule has 0 saturated carbocycles. The van der Waals surface area contributed by atoms with Crippen LogP contribution in [0.2, 0.25) is 0 Å². The second kappa shape index (κ2) is 7.18. The number of ether oxygens (including phenoxy) is 1. The first kappa shape index (κ1) is 18.3. The monoisotopic (exact) mass is 393 g/mol. The van der Waals surface area contributed by atoms with Gasteiger partial charge in [-0.15, -0.1) is 0 Å². The predicted molar refractivity (Wildman–Crippen MR) is 110 cm³/mol. The Morgan fingerprint density at radius 1 is 1.18 bits per heavy atom. The van der Waals surface area contributed by atoms with Crippen LogP contribution in [0, 0.1) is 0 Å². The number of ketones is 1. The first-order valence-corrected chi connectivity index (χ1v) is 9.75. The van der Waals surface area contributed by atoms with Crippen LogP contribution in [0.1, 0.15) is 26.3 Å². The highest BCUT2D eigenvalue weighted by Crippen LogP contribution is 2.44. The van der Waals surface area contributed by atoms with Gasteiger partial charge in [0.15, 0.2) is 5.78 Å². The maximum atomic E-state index is 13.2. The van der Waals surface area contributed by atoms with E-state index in [0.717, 1.165) is 5.56 Å². The number of fused-ring (bicyclic) bond motifs is 3. The summed E-state index contributed by atoms with van der Waals surface area (Å²) in [6, 6.07) is 9.11. The number of anilines is 1. The highest BCUT2D eigenvalue weighted by atomic mass is 32.1. The average Bonchev–Trinajstić information content (AvgIpc) is 3.29. The Morgan fingerprint density at radius 3 is 2.61 bits per heavy atom. The largest absolute Gasteiger partial charge is 0.461 e. The van der Waals surface area contributed by atoms with Gasteiger partial charge in [-0.25, -0.2) is 9.78 Å². The molecule has 0 saturated heterocycles. The number of hydrogen-bond acceptors (Lipinski definition) is 7. The van der Waals surface area contributed by atoms with Crippen molar-refractivity contribution in [2.75, 3.05) is 33.0 Å².